The van der Waals surface area contributed by atoms with E-state index in [1.807, 2.05) is 68.4 Å². The molecule has 1 aromatic heterocycles. The summed E-state index contributed by atoms with van der Waals surface area (Å²) in [6, 6.07) is 17.7. The third-order valence-corrected chi connectivity index (χ3v) is 5.38. The molecule has 2 aromatic carbocycles. The first-order valence-electron chi connectivity index (χ1n) is 9.15. The fourth-order valence-electron chi connectivity index (χ4n) is 2.84. The highest BCUT2D eigenvalue weighted by Gasteiger charge is 2.12. The van der Waals surface area contributed by atoms with Crippen LogP contribution in [0.15, 0.2) is 64.5 Å². The number of carbonyl (C=O) groups excluding carboxylic acids is 1. The van der Waals surface area contributed by atoms with Crippen LogP contribution in [-0.4, -0.2) is 15.9 Å². The normalized spacial score (nSPS) is 10.6. The van der Waals surface area contributed by atoms with E-state index in [0.717, 1.165) is 17.0 Å². The number of H-pyrrole nitrogens is 1. The molecule has 0 fully saturated rings. The van der Waals surface area contributed by atoms with Crippen molar-refractivity contribution in [3.8, 4) is 0 Å². The zero-order chi connectivity index (χ0) is 19.9. The number of nitrogens with zero attached hydrogens (tertiary/aromatic N) is 1. The van der Waals surface area contributed by atoms with Crippen molar-refractivity contribution in [2.45, 2.75) is 37.6 Å². The number of rotatable bonds is 7. The quantitative estimate of drug-likeness (QED) is 0.465. The van der Waals surface area contributed by atoms with E-state index >= 15 is 0 Å². The molecule has 0 saturated carbocycles. The van der Waals surface area contributed by atoms with E-state index in [0.29, 0.717) is 22.8 Å². The van der Waals surface area contributed by atoms with Crippen molar-refractivity contribution in [2.24, 2.45) is 0 Å². The third kappa shape index (κ3) is 5.33. The minimum atomic E-state index is -0.174. The van der Waals surface area contributed by atoms with Crippen LogP contribution in [0.25, 0.3) is 0 Å². The van der Waals surface area contributed by atoms with Crippen LogP contribution in [0.5, 0.6) is 0 Å². The van der Waals surface area contributed by atoms with Crippen molar-refractivity contribution in [3.63, 3.8) is 0 Å². The molecule has 0 aliphatic heterocycles. The van der Waals surface area contributed by atoms with E-state index in [-0.39, 0.29) is 17.9 Å². The summed E-state index contributed by atoms with van der Waals surface area (Å²) < 4.78 is 0. The number of para-hydroxylation sites is 1. The predicted molar refractivity (Wildman–Crippen MR) is 114 cm³/mol. The number of hydrogen-bond donors (Lipinski definition) is 2. The third-order valence-electron chi connectivity index (χ3n) is 4.44. The van der Waals surface area contributed by atoms with Gasteiger partial charge in [-0.25, -0.2) is 4.98 Å². The Morgan fingerprint density at radius 2 is 1.79 bits per heavy atom. The van der Waals surface area contributed by atoms with Crippen molar-refractivity contribution in [1.29, 1.82) is 0 Å². The minimum absolute atomic E-state index is 0.115. The number of amides is 1. The fourth-order valence-corrected chi connectivity index (χ4v) is 3.70. The van der Waals surface area contributed by atoms with Gasteiger partial charge >= 0.3 is 0 Å². The molecule has 1 heterocycles. The van der Waals surface area contributed by atoms with E-state index in [1.165, 1.54) is 17.3 Å². The largest absolute Gasteiger partial charge is 0.326 e. The molecule has 0 saturated heterocycles. The molecule has 1 amide bonds. The van der Waals surface area contributed by atoms with Crippen molar-refractivity contribution in [2.75, 3.05) is 5.32 Å². The number of aromatic amines is 1. The molecule has 2 N–H and O–H groups in total. The summed E-state index contributed by atoms with van der Waals surface area (Å²) in [5.74, 6) is 0.622. The summed E-state index contributed by atoms with van der Waals surface area (Å²) in [4.78, 5) is 32.0. The van der Waals surface area contributed by atoms with Gasteiger partial charge < -0.3 is 10.3 Å². The maximum Gasteiger partial charge on any atom is 0.254 e. The molecule has 0 aliphatic rings. The molecule has 0 spiro atoms. The zero-order valence-corrected chi connectivity index (χ0v) is 16.8. The van der Waals surface area contributed by atoms with Gasteiger partial charge in [-0.1, -0.05) is 60.3 Å². The summed E-state index contributed by atoms with van der Waals surface area (Å²) in [5.41, 5.74) is 4.03. The monoisotopic (exact) mass is 393 g/mol. The van der Waals surface area contributed by atoms with Gasteiger partial charge in [0, 0.05) is 29.1 Å². The highest BCUT2D eigenvalue weighted by Crippen LogP contribution is 2.19. The van der Waals surface area contributed by atoms with Gasteiger partial charge in [0.25, 0.3) is 5.56 Å². The zero-order valence-electron chi connectivity index (χ0n) is 16.0. The first kappa shape index (κ1) is 19.9. The fraction of sp³-hybridized carbons (Fsp3) is 0.227. The van der Waals surface area contributed by atoms with E-state index in [4.69, 9.17) is 0 Å². The molecule has 0 bridgehead atoms. The number of anilines is 1. The van der Waals surface area contributed by atoms with Crippen LogP contribution in [-0.2, 0) is 17.0 Å². The Hall–Kier alpha value is -2.86. The number of hydrogen-bond acceptors (Lipinski definition) is 4. The van der Waals surface area contributed by atoms with Gasteiger partial charge in [-0.2, -0.15) is 0 Å². The average Bonchev–Trinajstić information content (AvgIpc) is 2.68. The van der Waals surface area contributed by atoms with E-state index in [2.05, 4.69) is 15.3 Å². The summed E-state index contributed by atoms with van der Waals surface area (Å²) in [6.07, 6.45) is 0.589. The van der Waals surface area contributed by atoms with Crippen molar-refractivity contribution in [3.05, 3.63) is 87.3 Å². The average molecular weight is 394 g/mol. The molecule has 28 heavy (non-hydrogen) atoms. The van der Waals surface area contributed by atoms with Gasteiger partial charge in [-0.05, 0) is 37.5 Å². The summed E-state index contributed by atoms with van der Waals surface area (Å²) in [7, 11) is 0. The lowest BCUT2D eigenvalue weighted by Gasteiger charge is -2.09. The van der Waals surface area contributed by atoms with Crippen LogP contribution < -0.4 is 10.9 Å². The Labute approximate surface area is 168 Å². The second-order valence-corrected chi connectivity index (χ2v) is 7.54. The van der Waals surface area contributed by atoms with Gasteiger partial charge in [0.1, 0.15) is 0 Å². The first-order chi connectivity index (χ1) is 13.5. The number of thioether (sulfide) groups is 1. The Bertz CT molecular complexity index is 1020. The minimum Gasteiger partial charge on any atom is -0.326 e. The van der Waals surface area contributed by atoms with Crippen LogP contribution in [0.2, 0.25) is 0 Å². The van der Waals surface area contributed by atoms with Crippen LogP contribution in [0.1, 0.15) is 28.8 Å². The van der Waals surface area contributed by atoms with Gasteiger partial charge in [-0.3, -0.25) is 9.59 Å². The molecule has 0 radical (unpaired) electrons. The standard InChI is InChI=1S/C22H23N3O2S/c1-15-8-6-7-11-19(15)24-20(26)13-12-18-16(2)23-22(25-21(18)27)28-14-17-9-4-3-5-10-17/h3-11H,12-14H2,1-2H3,(H,24,26)(H,23,25,27). The van der Waals surface area contributed by atoms with Crippen molar-refractivity contribution >= 4 is 23.4 Å². The van der Waals surface area contributed by atoms with Gasteiger partial charge in [0.05, 0.1) is 0 Å². The Kier molecular flexibility index (Phi) is 6.66. The Morgan fingerprint density at radius 1 is 1.07 bits per heavy atom. The van der Waals surface area contributed by atoms with E-state index < -0.39 is 0 Å². The molecular weight excluding hydrogens is 370 g/mol. The van der Waals surface area contributed by atoms with Gasteiger partial charge in [0.15, 0.2) is 5.16 Å². The number of nitrogens with one attached hydrogen (secondary N) is 2. The molecule has 3 rings (SSSR count). The Morgan fingerprint density at radius 3 is 2.50 bits per heavy atom. The number of aryl methyl sites for hydroxylation is 2. The van der Waals surface area contributed by atoms with E-state index in [1.54, 1.807) is 0 Å². The number of benzene rings is 2. The SMILES string of the molecule is Cc1ccccc1NC(=O)CCc1c(C)nc(SCc2ccccc2)[nH]c1=O. The first-order valence-corrected chi connectivity index (χ1v) is 10.1. The predicted octanol–water partition coefficient (Wildman–Crippen LogP) is 4.25. The lowest BCUT2D eigenvalue weighted by molar-refractivity contribution is -0.116. The molecule has 0 unspecified atom stereocenters. The Balaban J connectivity index is 1.60. The summed E-state index contributed by atoms with van der Waals surface area (Å²) >= 11 is 1.49. The molecule has 6 heteroatoms. The summed E-state index contributed by atoms with van der Waals surface area (Å²) in [6.45, 7) is 3.76. The van der Waals surface area contributed by atoms with Gasteiger partial charge in [0.2, 0.25) is 5.91 Å². The second kappa shape index (κ2) is 9.37. The second-order valence-electron chi connectivity index (χ2n) is 6.57. The molecule has 144 valence electrons. The molecule has 5 nitrogen and oxygen atoms in total. The lowest BCUT2D eigenvalue weighted by atomic mass is 10.1. The van der Waals surface area contributed by atoms with Crippen LogP contribution in [0.3, 0.4) is 0 Å². The highest BCUT2D eigenvalue weighted by molar-refractivity contribution is 7.98. The smallest absolute Gasteiger partial charge is 0.254 e. The molecule has 0 aliphatic carbocycles. The topological polar surface area (TPSA) is 74.8 Å². The molecule has 0 atom stereocenters. The van der Waals surface area contributed by atoms with Crippen molar-refractivity contribution < 1.29 is 4.79 Å². The highest BCUT2D eigenvalue weighted by atomic mass is 32.2. The number of carbonyl (C=O) groups is 1. The molecular formula is C22H23N3O2S. The molecule has 3 aromatic rings. The van der Waals surface area contributed by atoms with Crippen molar-refractivity contribution in [1.82, 2.24) is 9.97 Å². The van der Waals surface area contributed by atoms with Crippen LogP contribution >= 0.6 is 11.8 Å². The lowest BCUT2D eigenvalue weighted by Crippen LogP contribution is -2.20. The maximum absolute atomic E-state index is 12.5. The van der Waals surface area contributed by atoms with E-state index in [9.17, 15) is 9.59 Å². The van der Waals surface area contributed by atoms with Crippen LogP contribution in [0, 0.1) is 13.8 Å². The maximum atomic E-state index is 12.5. The number of aromatic nitrogens is 2. The van der Waals surface area contributed by atoms with Crippen LogP contribution in [0.4, 0.5) is 5.69 Å². The van der Waals surface area contributed by atoms with Gasteiger partial charge in [-0.15, -0.1) is 0 Å². The summed E-state index contributed by atoms with van der Waals surface area (Å²) in [5, 5.41) is 3.49.